The third-order valence-electron chi connectivity index (χ3n) is 3.00. The summed E-state index contributed by atoms with van der Waals surface area (Å²) in [7, 11) is 0. The van der Waals surface area contributed by atoms with E-state index in [1.807, 2.05) is 18.3 Å². The molecule has 19 heavy (non-hydrogen) atoms. The number of nitrogens with zero attached hydrogens (tertiary/aromatic N) is 4. The van der Waals surface area contributed by atoms with Crippen molar-refractivity contribution in [2.24, 2.45) is 0 Å². The molecule has 0 bridgehead atoms. The van der Waals surface area contributed by atoms with Crippen LogP contribution in [-0.4, -0.2) is 32.8 Å². The van der Waals surface area contributed by atoms with Crippen LogP contribution in [0.4, 0.5) is 0 Å². The molecular formula is C15H22N4. The first-order chi connectivity index (χ1) is 9.33. The number of hydrogen-bond donors (Lipinski definition) is 0. The Bertz CT molecular complexity index is 473. The van der Waals surface area contributed by atoms with Gasteiger partial charge in [-0.1, -0.05) is 19.9 Å². The first-order valence-electron chi connectivity index (χ1n) is 7.01. The zero-order chi connectivity index (χ0) is 13.5. The van der Waals surface area contributed by atoms with Gasteiger partial charge >= 0.3 is 0 Å². The Balaban J connectivity index is 2.10. The number of rotatable bonds is 7. The van der Waals surface area contributed by atoms with E-state index < -0.39 is 0 Å². The number of pyridine rings is 1. The van der Waals surface area contributed by atoms with Gasteiger partial charge in [0.2, 0.25) is 0 Å². The second-order valence-corrected chi connectivity index (χ2v) is 4.71. The van der Waals surface area contributed by atoms with E-state index in [9.17, 15) is 0 Å². The molecule has 0 unspecified atom stereocenters. The smallest absolute Gasteiger partial charge is 0.153 e. The highest BCUT2D eigenvalue weighted by atomic mass is 15.3. The van der Waals surface area contributed by atoms with E-state index in [0.717, 1.165) is 31.1 Å². The van der Waals surface area contributed by atoms with Gasteiger partial charge in [-0.15, -0.1) is 0 Å². The minimum atomic E-state index is 0.885. The molecule has 0 aliphatic carbocycles. The molecule has 0 atom stereocenters. The minimum Gasteiger partial charge on any atom is -0.298 e. The Labute approximate surface area is 115 Å². The standard InChI is InChI=1S/C15H22N4/c1-3-10-18(11-4-2)13-14-7-5-8-15(17-14)19-12-6-9-16-19/h5-9,12H,3-4,10-11,13H2,1-2H3. The molecule has 2 aromatic rings. The van der Waals surface area contributed by atoms with Crippen LogP contribution in [0.5, 0.6) is 0 Å². The molecule has 0 saturated carbocycles. The van der Waals surface area contributed by atoms with Crippen molar-refractivity contribution in [2.75, 3.05) is 13.1 Å². The lowest BCUT2D eigenvalue weighted by Crippen LogP contribution is -2.25. The van der Waals surface area contributed by atoms with Crippen molar-refractivity contribution in [3.05, 3.63) is 42.4 Å². The summed E-state index contributed by atoms with van der Waals surface area (Å²) in [5.74, 6) is 0.885. The second-order valence-electron chi connectivity index (χ2n) is 4.71. The van der Waals surface area contributed by atoms with Crippen LogP contribution >= 0.6 is 0 Å². The molecule has 4 heteroatoms. The van der Waals surface area contributed by atoms with Crippen LogP contribution < -0.4 is 0 Å². The van der Waals surface area contributed by atoms with Crippen LogP contribution in [0.15, 0.2) is 36.7 Å². The van der Waals surface area contributed by atoms with E-state index in [1.165, 1.54) is 12.8 Å². The van der Waals surface area contributed by atoms with Crippen molar-refractivity contribution >= 4 is 0 Å². The van der Waals surface area contributed by atoms with Gasteiger partial charge in [0, 0.05) is 18.9 Å². The molecule has 0 fully saturated rings. The fraction of sp³-hybridized carbons (Fsp3) is 0.467. The van der Waals surface area contributed by atoms with Crippen LogP contribution in [-0.2, 0) is 6.54 Å². The van der Waals surface area contributed by atoms with Gasteiger partial charge in [0.25, 0.3) is 0 Å². The molecule has 0 spiro atoms. The molecule has 2 heterocycles. The minimum absolute atomic E-state index is 0.885. The molecule has 2 aromatic heterocycles. The summed E-state index contributed by atoms with van der Waals surface area (Å²) in [4.78, 5) is 7.13. The van der Waals surface area contributed by atoms with E-state index in [0.29, 0.717) is 0 Å². The van der Waals surface area contributed by atoms with Crippen LogP contribution in [0.3, 0.4) is 0 Å². The highest BCUT2D eigenvalue weighted by molar-refractivity contribution is 5.23. The van der Waals surface area contributed by atoms with E-state index >= 15 is 0 Å². The molecule has 0 aliphatic heterocycles. The van der Waals surface area contributed by atoms with Crippen LogP contribution in [0.25, 0.3) is 5.82 Å². The molecule has 0 radical (unpaired) electrons. The molecule has 0 amide bonds. The fourth-order valence-corrected chi connectivity index (χ4v) is 2.22. The van der Waals surface area contributed by atoms with Gasteiger partial charge < -0.3 is 0 Å². The van der Waals surface area contributed by atoms with Crippen molar-refractivity contribution in [1.82, 2.24) is 19.7 Å². The zero-order valence-electron chi connectivity index (χ0n) is 11.8. The molecule has 0 N–H and O–H groups in total. The van der Waals surface area contributed by atoms with E-state index in [1.54, 1.807) is 10.9 Å². The quantitative estimate of drug-likeness (QED) is 0.765. The first-order valence-corrected chi connectivity index (χ1v) is 7.01. The summed E-state index contributed by atoms with van der Waals surface area (Å²) in [6.07, 6.45) is 6.05. The highest BCUT2D eigenvalue weighted by Crippen LogP contribution is 2.08. The summed E-state index contributed by atoms with van der Waals surface area (Å²) >= 11 is 0. The zero-order valence-corrected chi connectivity index (χ0v) is 11.8. The lowest BCUT2D eigenvalue weighted by Gasteiger charge is -2.20. The average Bonchev–Trinajstić information content (AvgIpc) is 2.93. The van der Waals surface area contributed by atoms with E-state index in [2.05, 4.69) is 41.0 Å². The first kappa shape index (κ1) is 13.7. The van der Waals surface area contributed by atoms with Crippen molar-refractivity contribution in [3.8, 4) is 5.82 Å². The SMILES string of the molecule is CCCN(CCC)Cc1cccc(-n2cccn2)n1. The lowest BCUT2D eigenvalue weighted by molar-refractivity contribution is 0.263. The van der Waals surface area contributed by atoms with Gasteiger partial charge in [0.05, 0.1) is 5.69 Å². The molecular weight excluding hydrogens is 236 g/mol. The predicted octanol–water partition coefficient (Wildman–Crippen LogP) is 2.89. The van der Waals surface area contributed by atoms with Gasteiger partial charge in [-0.3, -0.25) is 4.90 Å². The summed E-state index contributed by atoms with van der Waals surface area (Å²) in [5.41, 5.74) is 1.11. The monoisotopic (exact) mass is 258 g/mol. The van der Waals surface area contributed by atoms with Gasteiger partial charge in [0.1, 0.15) is 0 Å². The third kappa shape index (κ3) is 3.89. The topological polar surface area (TPSA) is 34.0 Å². The van der Waals surface area contributed by atoms with Crippen molar-refractivity contribution in [1.29, 1.82) is 0 Å². The normalized spacial score (nSPS) is 11.1. The second kappa shape index (κ2) is 7.04. The van der Waals surface area contributed by atoms with Gasteiger partial charge in [-0.2, -0.15) is 5.10 Å². The average molecular weight is 258 g/mol. The van der Waals surface area contributed by atoms with Gasteiger partial charge in [0.15, 0.2) is 5.82 Å². The number of hydrogen-bond acceptors (Lipinski definition) is 3. The van der Waals surface area contributed by atoms with Crippen LogP contribution in [0, 0.1) is 0 Å². The molecule has 0 aliphatic rings. The maximum Gasteiger partial charge on any atom is 0.153 e. The molecule has 2 rings (SSSR count). The Morgan fingerprint density at radius 3 is 2.53 bits per heavy atom. The summed E-state index contributed by atoms with van der Waals surface area (Å²) in [6.45, 7) is 7.60. The molecule has 0 aromatic carbocycles. The van der Waals surface area contributed by atoms with Crippen molar-refractivity contribution in [3.63, 3.8) is 0 Å². The molecule has 0 saturated heterocycles. The summed E-state index contributed by atoms with van der Waals surface area (Å²) < 4.78 is 1.80. The van der Waals surface area contributed by atoms with Crippen LogP contribution in [0.2, 0.25) is 0 Å². The fourth-order valence-electron chi connectivity index (χ4n) is 2.22. The Morgan fingerprint density at radius 2 is 1.89 bits per heavy atom. The van der Waals surface area contributed by atoms with Gasteiger partial charge in [-0.05, 0) is 44.1 Å². The predicted molar refractivity (Wildman–Crippen MR) is 77.2 cm³/mol. The number of aromatic nitrogens is 3. The summed E-state index contributed by atoms with van der Waals surface area (Å²) in [6, 6.07) is 8.04. The largest absolute Gasteiger partial charge is 0.298 e. The van der Waals surface area contributed by atoms with Crippen molar-refractivity contribution < 1.29 is 0 Å². The molecule has 102 valence electrons. The van der Waals surface area contributed by atoms with E-state index in [-0.39, 0.29) is 0 Å². The Kier molecular flexibility index (Phi) is 5.10. The maximum atomic E-state index is 4.68. The molecule has 4 nitrogen and oxygen atoms in total. The van der Waals surface area contributed by atoms with Crippen LogP contribution in [0.1, 0.15) is 32.4 Å². The maximum absolute atomic E-state index is 4.68. The Morgan fingerprint density at radius 1 is 1.11 bits per heavy atom. The lowest BCUT2D eigenvalue weighted by atomic mass is 10.3. The third-order valence-corrected chi connectivity index (χ3v) is 3.00. The van der Waals surface area contributed by atoms with E-state index in [4.69, 9.17) is 0 Å². The van der Waals surface area contributed by atoms with Crippen molar-refractivity contribution in [2.45, 2.75) is 33.2 Å². The highest BCUT2D eigenvalue weighted by Gasteiger charge is 2.06. The summed E-state index contributed by atoms with van der Waals surface area (Å²) in [5, 5.41) is 4.22. The Hall–Kier alpha value is -1.68. The van der Waals surface area contributed by atoms with Gasteiger partial charge in [-0.25, -0.2) is 9.67 Å².